The van der Waals surface area contributed by atoms with Gasteiger partial charge in [-0.1, -0.05) is 0 Å². The number of aromatic nitrogens is 1. The first-order chi connectivity index (χ1) is 10.2. The Morgan fingerprint density at radius 3 is 2.76 bits per heavy atom. The highest BCUT2D eigenvalue weighted by Gasteiger charge is 2.11. The Morgan fingerprint density at radius 2 is 2.00 bits per heavy atom. The lowest BCUT2D eigenvalue weighted by Gasteiger charge is -2.19. The lowest BCUT2D eigenvalue weighted by atomic mass is 10.3. The van der Waals surface area contributed by atoms with Gasteiger partial charge in [-0.2, -0.15) is 0 Å². The number of methoxy groups -OCH3 is 2. The molecule has 116 valence electrons. The Morgan fingerprint density at radius 1 is 1.19 bits per heavy atom. The molecule has 0 atom stereocenters. The molecule has 0 fully saturated rings. The summed E-state index contributed by atoms with van der Waals surface area (Å²) in [5, 5.41) is 0. The van der Waals surface area contributed by atoms with Gasteiger partial charge in [0.2, 0.25) is 5.89 Å². The first kappa shape index (κ1) is 15.8. The van der Waals surface area contributed by atoms with Gasteiger partial charge in [-0.05, 0) is 24.6 Å². The normalized spacial score (nSPS) is 11.6. The van der Waals surface area contributed by atoms with Crippen LogP contribution in [0, 0.1) is 0 Å². The number of fused-ring (bicyclic) bond motifs is 1. The molecule has 1 heterocycles. The minimum absolute atomic E-state index is 0.654. The molecule has 0 unspecified atom stereocenters. The number of hydrogen-bond donors (Lipinski definition) is 1. The molecule has 0 radical (unpaired) electrons. The molecule has 1 aromatic heterocycles. The average molecular weight is 293 g/mol. The second-order valence-corrected chi connectivity index (χ2v) is 4.95. The van der Waals surface area contributed by atoms with E-state index in [-0.39, 0.29) is 0 Å². The molecule has 0 aliphatic heterocycles. The maximum Gasteiger partial charge on any atom is 0.209 e. The number of benzene rings is 1. The van der Waals surface area contributed by atoms with Crippen molar-refractivity contribution in [3.8, 4) is 0 Å². The van der Waals surface area contributed by atoms with Gasteiger partial charge in [-0.15, -0.1) is 0 Å². The van der Waals surface area contributed by atoms with Crippen molar-refractivity contribution in [1.82, 2.24) is 9.88 Å². The molecule has 2 rings (SSSR count). The zero-order chi connectivity index (χ0) is 15.1. The molecule has 0 saturated carbocycles. The number of hydrogen-bond acceptors (Lipinski definition) is 6. The molecule has 0 aliphatic rings. The van der Waals surface area contributed by atoms with Crippen molar-refractivity contribution < 1.29 is 13.9 Å². The lowest BCUT2D eigenvalue weighted by molar-refractivity contribution is 0.124. The third-order valence-electron chi connectivity index (χ3n) is 3.25. The summed E-state index contributed by atoms with van der Waals surface area (Å²) in [7, 11) is 3.42. The van der Waals surface area contributed by atoms with Crippen molar-refractivity contribution in [3.05, 3.63) is 24.1 Å². The van der Waals surface area contributed by atoms with Crippen molar-refractivity contribution in [2.45, 2.75) is 13.0 Å². The van der Waals surface area contributed by atoms with Crippen molar-refractivity contribution in [2.24, 2.45) is 0 Å². The van der Waals surface area contributed by atoms with Crippen molar-refractivity contribution >= 4 is 16.8 Å². The van der Waals surface area contributed by atoms with Crippen molar-refractivity contribution in [1.29, 1.82) is 0 Å². The van der Waals surface area contributed by atoms with Gasteiger partial charge in [0.05, 0.1) is 13.2 Å². The highest BCUT2D eigenvalue weighted by atomic mass is 16.5. The van der Waals surface area contributed by atoms with Gasteiger partial charge in [0.1, 0.15) is 5.52 Å². The topological polar surface area (TPSA) is 73.8 Å². The lowest BCUT2D eigenvalue weighted by Crippen LogP contribution is -2.28. The SMILES string of the molecule is COCCCN(CCOC)Cc1nc2cc(N)ccc2o1. The van der Waals surface area contributed by atoms with Crippen molar-refractivity contribution in [2.75, 3.05) is 46.3 Å². The molecule has 6 heteroatoms. The molecule has 0 aliphatic carbocycles. The van der Waals surface area contributed by atoms with E-state index >= 15 is 0 Å². The second kappa shape index (κ2) is 7.97. The molecular formula is C15H23N3O3. The smallest absolute Gasteiger partial charge is 0.209 e. The van der Waals surface area contributed by atoms with Gasteiger partial charge in [0, 0.05) is 39.6 Å². The number of nitrogens with zero attached hydrogens (tertiary/aromatic N) is 2. The Bertz CT molecular complexity index is 556. The Labute approximate surface area is 124 Å². The molecule has 0 bridgehead atoms. The van der Waals surface area contributed by atoms with Crippen molar-refractivity contribution in [3.63, 3.8) is 0 Å². The van der Waals surface area contributed by atoms with Gasteiger partial charge in [-0.3, -0.25) is 4.90 Å². The van der Waals surface area contributed by atoms with Crippen LogP contribution in [0.5, 0.6) is 0 Å². The molecule has 6 nitrogen and oxygen atoms in total. The van der Waals surface area contributed by atoms with Gasteiger partial charge in [0.25, 0.3) is 0 Å². The number of ether oxygens (including phenoxy) is 2. The van der Waals surface area contributed by atoms with E-state index in [4.69, 9.17) is 19.6 Å². The van der Waals surface area contributed by atoms with Crippen LogP contribution < -0.4 is 5.73 Å². The summed E-state index contributed by atoms with van der Waals surface area (Å²) in [6, 6.07) is 5.50. The molecule has 0 saturated heterocycles. The van der Waals surface area contributed by atoms with Crippen LogP contribution in [0.4, 0.5) is 5.69 Å². The largest absolute Gasteiger partial charge is 0.439 e. The van der Waals surface area contributed by atoms with Gasteiger partial charge < -0.3 is 19.6 Å². The molecule has 2 N–H and O–H groups in total. The first-order valence-electron chi connectivity index (χ1n) is 7.08. The van der Waals surface area contributed by atoms with Crippen LogP contribution in [0.2, 0.25) is 0 Å². The minimum Gasteiger partial charge on any atom is -0.439 e. The zero-order valence-corrected chi connectivity index (χ0v) is 12.7. The maximum atomic E-state index is 5.76. The van der Waals surface area contributed by atoms with Crippen LogP contribution in [0.25, 0.3) is 11.1 Å². The average Bonchev–Trinajstić information content (AvgIpc) is 2.86. The fraction of sp³-hybridized carbons (Fsp3) is 0.533. The van der Waals surface area contributed by atoms with E-state index in [0.29, 0.717) is 24.7 Å². The predicted molar refractivity (Wildman–Crippen MR) is 82.1 cm³/mol. The highest BCUT2D eigenvalue weighted by Crippen LogP contribution is 2.19. The molecule has 21 heavy (non-hydrogen) atoms. The van der Waals surface area contributed by atoms with Crippen LogP contribution in [-0.2, 0) is 16.0 Å². The highest BCUT2D eigenvalue weighted by molar-refractivity contribution is 5.76. The molecule has 2 aromatic rings. The minimum atomic E-state index is 0.654. The van der Waals surface area contributed by atoms with Gasteiger partial charge in [-0.25, -0.2) is 4.98 Å². The van der Waals surface area contributed by atoms with Crippen LogP contribution in [0.15, 0.2) is 22.6 Å². The number of oxazole rings is 1. The fourth-order valence-electron chi connectivity index (χ4n) is 2.17. The molecule has 0 amide bonds. The van der Waals surface area contributed by atoms with E-state index in [1.807, 2.05) is 18.2 Å². The van der Waals surface area contributed by atoms with E-state index in [1.54, 1.807) is 14.2 Å². The van der Waals surface area contributed by atoms with Crippen LogP contribution in [0.3, 0.4) is 0 Å². The summed E-state index contributed by atoms with van der Waals surface area (Å²) >= 11 is 0. The molecule has 0 spiro atoms. The fourth-order valence-corrected chi connectivity index (χ4v) is 2.17. The van der Waals surface area contributed by atoms with E-state index < -0.39 is 0 Å². The van der Waals surface area contributed by atoms with Gasteiger partial charge in [0.15, 0.2) is 5.58 Å². The Balaban J connectivity index is 2.02. The predicted octanol–water partition coefficient (Wildman–Crippen LogP) is 1.89. The maximum absolute atomic E-state index is 5.76. The van der Waals surface area contributed by atoms with E-state index in [1.165, 1.54) is 0 Å². The molecule has 1 aromatic carbocycles. The summed E-state index contributed by atoms with van der Waals surface area (Å²) < 4.78 is 16.0. The summed E-state index contributed by atoms with van der Waals surface area (Å²) in [6.45, 7) is 3.83. The Hall–Kier alpha value is -1.63. The van der Waals surface area contributed by atoms with E-state index in [2.05, 4.69) is 9.88 Å². The third kappa shape index (κ3) is 4.70. The monoisotopic (exact) mass is 293 g/mol. The van der Waals surface area contributed by atoms with Gasteiger partial charge >= 0.3 is 0 Å². The quantitative estimate of drug-likeness (QED) is 0.562. The number of nitrogen functional groups attached to an aromatic ring is 1. The number of anilines is 1. The standard InChI is InChI=1S/C15H23N3O3/c1-19-8-3-6-18(7-9-20-2)11-15-17-13-10-12(16)4-5-14(13)21-15/h4-5,10H,3,6-9,11,16H2,1-2H3. The summed E-state index contributed by atoms with van der Waals surface area (Å²) in [5.74, 6) is 0.698. The second-order valence-electron chi connectivity index (χ2n) is 4.95. The van der Waals surface area contributed by atoms with Crippen LogP contribution >= 0.6 is 0 Å². The van der Waals surface area contributed by atoms with E-state index in [0.717, 1.165) is 37.2 Å². The third-order valence-corrected chi connectivity index (χ3v) is 3.25. The summed E-state index contributed by atoms with van der Waals surface area (Å²) in [4.78, 5) is 6.74. The van der Waals surface area contributed by atoms with Crippen LogP contribution in [-0.4, -0.2) is 50.4 Å². The number of nitrogens with two attached hydrogens (primary N) is 1. The van der Waals surface area contributed by atoms with Crippen LogP contribution in [0.1, 0.15) is 12.3 Å². The van der Waals surface area contributed by atoms with E-state index in [9.17, 15) is 0 Å². The first-order valence-corrected chi connectivity index (χ1v) is 7.08. The Kier molecular flexibility index (Phi) is 5.98. The number of rotatable bonds is 9. The molecular weight excluding hydrogens is 270 g/mol. The summed E-state index contributed by atoms with van der Waals surface area (Å²) in [5.41, 5.74) is 8.02. The summed E-state index contributed by atoms with van der Waals surface area (Å²) in [6.07, 6.45) is 0.966. The zero-order valence-electron chi connectivity index (χ0n) is 12.7.